The predicted molar refractivity (Wildman–Crippen MR) is 110 cm³/mol. The number of H-pyrrole nitrogens is 1. The molecule has 2 fully saturated rings. The average Bonchev–Trinajstić information content (AvgIpc) is 3.23. The van der Waals surface area contributed by atoms with Crippen LogP contribution in [-0.2, 0) is 5.60 Å². The highest BCUT2D eigenvalue weighted by molar-refractivity contribution is 6.06. The molecular weight excluding hydrogens is 348 g/mol. The Bertz CT molecular complexity index is 996. The molecule has 2 aromatic carbocycles. The van der Waals surface area contributed by atoms with E-state index in [9.17, 15) is 9.90 Å². The van der Waals surface area contributed by atoms with Crippen LogP contribution in [0.3, 0.4) is 0 Å². The molecule has 1 saturated heterocycles. The van der Waals surface area contributed by atoms with Gasteiger partial charge < -0.3 is 15.0 Å². The fraction of sp³-hybridized carbons (Fsp3) is 0.375. The van der Waals surface area contributed by atoms with Gasteiger partial charge in [0.05, 0.1) is 5.60 Å². The molecule has 0 unspecified atom stereocenters. The minimum Gasteiger partial charge on any atom is -0.385 e. The summed E-state index contributed by atoms with van der Waals surface area (Å²) in [7, 11) is 0. The van der Waals surface area contributed by atoms with Crippen LogP contribution >= 0.6 is 0 Å². The third kappa shape index (κ3) is 2.67. The van der Waals surface area contributed by atoms with Crippen LogP contribution < -0.4 is 0 Å². The summed E-state index contributed by atoms with van der Waals surface area (Å²) in [5.74, 6) is 0.184. The lowest BCUT2D eigenvalue weighted by Crippen LogP contribution is -2.59. The van der Waals surface area contributed by atoms with Crippen LogP contribution in [-0.4, -0.2) is 33.5 Å². The third-order valence-corrected chi connectivity index (χ3v) is 6.84. The molecule has 1 amide bonds. The van der Waals surface area contributed by atoms with Gasteiger partial charge in [-0.3, -0.25) is 4.79 Å². The standard InChI is InChI=1S/C24H26N2O2/c27-23(19-9-6-11-21-18(19)13-15-25-21)26-16-14-24(28,17-7-2-1-3-8-17)20-10-4-5-12-22(20)26/h1-3,6-9,11,13,15,20,22,25,28H,4-5,10,12,14,16H2/t20-,22+,24-/m0/s1. The summed E-state index contributed by atoms with van der Waals surface area (Å²) >= 11 is 0. The van der Waals surface area contributed by atoms with Gasteiger partial charge in [-0.05, 0) is 43.0 Å². The lowest BCUT2D eigenvalue weighted by Gasteiger charge is -2.52. The number of benzene rings is 2. The number of aromatic nitrogens is 1. The number of carbonyl (C=O) groups excluding carboxylic acids is 1. The minimum absolute atomic E-state index is 0.0896. The van der Waals surface area contributed by atoms with E-state index in [4.69, 9.17) is 0 Å². The van der Waals surface area contributed by atoms with Crippen LogP contribution in [0, 0.1) is 5.92 Å². The minimum atomic E-state index is -0.844. The van der Waals surface area contributed by atoms with Crippen LogP contribution in [0.2, 0.25) is 0 Å². The second-order valence-electron chi connectivity index (χ2n) is 8.24. The molecule has 1 saturated carbocycles. The van der Waals surface area contributed by atoms with Crippen LogP contribution in [0.15, 0.2) is 60.8 Å². The predicted octanol–water partition coefficient (Wildman–Crippen LogP) is 4.46. The average molecular weight is 374 g/mol. The van der Waals surface area contributed by atoms with E-state index in [0.717, 1.165) is 47.7 Å². The van der Waals surface area contributed by atoms with E-state index >= 15 is 0 Å². The first-order valence-corrected chi connectivity index (χ1v) is 10.3. The summed E-state index contributed by atoms with van der Waals surface area (Å²) < 4.78 is 0. The van der Waals surface area contributed by atoms with E-state index in [1.807, 2.05) is 65.7 Å². The monoisotopic (exact) mass is 374 g/mol. The summed E-state index contributed by atoms with van der Waals surface area (Å²) in [4.78, 5) is 18.8. The Labute approximate surface area is 165 Å². The second kappa shape index (κ2) is 6.78. The molecule has 1 aromatic heterocycles. The number of aliphatic hydroxyl groups is 1. The lowest BCUT2D eigenvalue weighted by molar-refractivity contribution is -0.110. The van der Waals surface area contributed by atoms with Gasteiger partial charge in [-0.25, -0.2) is 0 Å². The van der Waals surface area contributed by atoms with Crippen LogP contribution in [0.1, 0.15) is 48.0 Å². The van der Waals surface area contributed by atoms with E-state index in [-0.39, 0.29) is 17.9 Å². The number of nitrogens with one attached hydrogen (secondary N) is 1. The van der Waals surface area contributed by atoms with Crippen molar-refractivity contribution in [2.24, 2.45) is 5.92 Å². The molecule has 2 heterocycles. The van der Waals surface area contributed by atoms with Gasteiger partial charge in [-0.2, -0.15) is 0 Å². The fourth-order valence-corrected chi connectivity index (χ4v) is 5.45. The number of rotatable bonds is 2. The number of hydrogen-bond acceptors (Lipinski definition) is 2. The van der Waals surface area contributed by atoms with Crippen molar-refractivity contribution in [1.82, 2.24) is 9.88 Å². The van der Waals surface area contributed by atoms with E-state index in [2.05, 4.69) is 4.98 Å². The highest BCUT2D eigenvalue weighted by atomic mass is 16.3. The Morgan fingerprint density at radius 2 is 1.86 bits per heavy atom. The van der Waals surface area contributed by atoms with Crippen molar-refractivity contribution in [3.8, 4) is 0 Å². The lowest BCUT2D eigenvalue weighted by atomic mass is 9.66. The zero-order valence-electron chi connectivity index (χ0n) is 16.0. The van der Waals surface area contributed by atoms with Crippen molar-refractivity contribution in [2.45, 2.75) is 43.7 Å². The highest BCUT2D eigenvalue weighted by Crippen LogP contribution is 2.47. The quantitative estimate of drug-likeness (QED) is 0.696. The zero-order valence-corrected chi connectivity index (χ0v) is 16.0. The molecule has 28 heavy (non-hydrogen) atoms. The van der Waals surface area contributed by atoms with E-state index in [0.29, 0.717) is 13.0 Å². The highest BCUT2D eigenvalue weighted by Gasteiger charge is 2.50. The van der Waals surface area contributed by atoms with Crippen LogP contribution in [0.4, 0.5) is 0 Å². The van der Waals surface area contributed by atoms with Crippen molar-refractivity contribution in [3.63, 3.8) is 0 Å². The molecule has 2 aliphatic rings. The molecule has 5 rings (SSSR count). The summed E-state index contributed by atoms with van der Waals surface area (Å²) in [5, 5.41) is 12.7. The topological polar surface area (TPSA) is 56.3 Å². The number of piperidine rings is 1. The number of likely N-dealkylation sites (tertiary alicyclic amines) is 1. The summed E-state index contributed by atoms with van der Waals surface area (Å²) in [6.07, 6.45) is 6.64. The van der Waals surface area contributed by atoms with E-state index in [1.54, 1.807) is 0 Å². The maximum absolute atomic E-state index is 13.5. The summed E-state index contributed by atoms with van der Waals surface area (Å²) in [6.45, 7) is 0.589. The van der Waals surface area contributed by atoms with Crippen molar-refractivity contribution in [2.75, 3.05) is 6.54 Å². The number of carbonyl (C=O) groups is 1. The molecule has 4 heteroatoms. The van der Waals surface area contributed by atoms with Crippen LogP contribution in [0.5, 0.6) is 0 Å². The van der Waals surface area contributed by atoms with Gasteiger partial charge in [0, 0.05) is 41.2 Å². The van der Waals surface area contributed by atoms with Crippen molar-refractivity contribution < 1.29 is 9.90 Å². The van der Waals surface area contributed by atoms with Gasteiger partial charge in [-0.1, -0.05) is 49.2 Å². The first-order valence-electron chi connectivity index (χ1n) is 10.3. The number of nitrogens with zero attached hydrogens (tertiary/aromatic N) is 1. The van der Waals surface area contributed by atoms with Crippen molar-refractivity contribution >= 4 is 16.8 Å². The first kappa shape index (κ1) is 17.5. The fourth-order valence-electron chi connectivity index (χ4n) is 5.45. The third-order valence-electron chi connectivity index (χ3n) is 6.84. The van der Waals surface area contributed by atoms with Gasteiger partial charge in [0.25, 0.3) is 5.91 Å². The van der Waals surface area contributed by atoms with Gasteiger partial charge in [0.2, 0.25) is 0 Å². The molecule has 1 aliphatic carbocycles. The zero-order chi connectivity index (χ0) is 19.1. The molecule has 0 spiro atoms. The molecule has 4 nitrogen and oxygen atoms in total. The van der Waals surface area contributed by atoms with Gasteiger partial charge in [-0.15, -0.1) is 0 Å². The van der Waals surface area contributed by atoms with Crippen molar-refractivity contribution in [3.05, 3.63) is 71.9 Å². The molecule has 3 aromatic rings. The Kier molecular flexibility index (Phi) is 4.24. The Morgan fingerprint density at radius 3 is 2.71 bits per heavy atom. The molecule has 1 aliphatic heterocycles. The Balaban J connectivity index is 1.51. The SMILES string of the molecule is O=C(c1cccc2[nH]ccc12)N1CC[C@](O)(c2ccccc2)[C@H]2CCCC[C@H]21. The van der Waals surface area contributed by atoms with E-state index < -0.39 is 5.60 Å². The van der Waals surface area contributed by atoms with Crippen LogP contribution in [0.25, 0.3) is 10.9 Å². The summed E-state index contributed by atoms with van der Waals surface area (Å²) in [5.41, 5.74) is 1.90. The molecule has 144 valence electrons. The summed E-state index contributed by atoms with van der Waals surface area (Å²) in [6, 6.07) is 18.0. The first-order chi connectivity index (χ1) is 13.7. The number of fused-ring (bicyclic) bond motifs is 2. The largest absolute Gasteiger partial charge is 0.385 e. The number of hydrogen-bond donors (Lipinski definition) is 2. The molecule has 2 N–H and O–H groups in total. The van der Waals surface area contributed by atoms with Gasteiger partial charge in [0.15, 0.2) is 0 Å². The Hall–Kier alpha value is -2.59. The molecule has 0 bridgehead atoms. The van der Waals surface area contributed by atoms with Gasteiger partial charge >= 0.3 is 0 Å². The molecule has 0 radical (unpaired) electrons. The van der Waals surface area contributed by atoms with Gasteiger partial charge in [0.1, 0.15) is 0 Å². The maximum atomic E-state index is 13.5. The Morgan fingerprint density at radius 1 is 1.04 bits per heavy atom. The van der Waals surface area contributed by atoms with Crippen molar-refractivity contribution in [1.29, 1.82) is 0 Å². The second-order valence-corrected chi connectivity index (χ2v) is 8.24. The molecule has 3 atom stereocenters. The smallest absolute Gasteiger partial charge is 0.254 e. The maximum Gasteiger partial charge on any atom is 0.254 e. The van der Waals surface area contributed by atoms with E-state index in [1.165, 1.54) is 0 Å². The normalized spacial score (nSPS) is 27.5. The number of aromatic amines is 1. The molecular formula is C24H26N2O2. The number of amides is 1.